The molecule has 76 valence electrons. The topological polar surface area (TPSA) is 68.5 Å². The van der Waals surface area contributed by atoms with Crippen molar-refractivity contribution < 1.29 is 0 Å². The van der Waals surface area contributed by atoms with E-state index >= 15 is 0 Å². The van der Waals surface area contributed by atoms with Crippen LogP contribution < -0.4 is 5.32 Å². The number of hydrogen-bond donors (Lipinski definition) is 1. The van der Waals surface area contributed by atoms with Gasteiger partial charge in [-0.3, -0.25) is 4.57 Å². The molecular weight excluding hydrogens is 192 g/mol. The first kappa shape index (κ1) is 8.34. The Hall–Kier alpha value is -1.98. The predicted octanol–water partition coefficient (Wildman–Crippen LogP) is 0.545. The summed E-state index contributed by atoms with van der Waals surface area (Å²) in [7, 11) is 0. The zero-order valence-corrected chi connectivity index (χ0v) is 8.30. The molecule has 3 heterocycles. The van der Waals surface area contributed by atoms with Crippen molar-refractivity contribution >= 4 is 5.82 Å². The maximum absolute atomic E-state index is 4.17. The van der Waals surface area contributed by atoms with E-state index in [0.717, 1.165) is 29.6 Å². The first-order valence-corrected chi connectivity index (χ1v) is 4.87. The minimum Gasteiger partial charge on any atom is -0.361 e. The van der Waals surface area contributed by atoms with Crippen molar-refractivity contribution in [3.05, 3.63) is 24.2 Å². The maximum atomic E-state index is 4.17. The van der Waals surface area contributed by atoms with Crippen LogP contribution in [-0.4, -0.2) is 24.7 Å². The van der Waals surface area contributed by atoms with E-state index in [1.807, 2.05) is 4.57 Å². The summed E-state index contributed by atoms with van der Waals surface area (Å²) in [4.78, 5) is 8.20. The number of nitrogens with zero attached hydrogens (tertiary/aromatic N) is 5. The Balaban J connectivity index is 2.27. The van der Waals surface area contributed by atoms with E-state index in [9.17, 15) is 0 Å². The SMILES string of the molecule is CCc1nnc2n1-c1cncnc1NC2. The molecule has 1 aliphatic rings. The second kappa shape index (κ2) is 3.01. The molecule has 1 aliphatic heterocycles. The lowest BCUT2D eigenvalue weighted by atomic mass is 10.3. The molecule has 0 aromatic carbocycles. The van der Waals surface area contributed by atoms with Crippen LogP contribution in [0.15, 0.2) is 12.5 Å². The third-order valence-corrected chi connectivity index (χ3v) is 2.46. The van der Waals surface area contributed by atoms with Gasteiger partial charge in [-0.05, 0) is 0 Å². The molecule has 2 aromatic heterocycles. The fourth-order valence-corrected chi connectivity index (χ4v) is 1.76. The Morgan fingerprint density at radius 2 is 2.40 bits per heavy atom. The van der Waals surface area contributed by atoms with E-state index in [4.69, 9.17) is 0 Å². The summed E-state index contributed by atoms with van der Waals surface area (Å²) in [5, 5.41) is 11.4. The number of anilines is 1. The van der Waals surface area contributed by atoms with Gasteiger partial charge in [0.25, 0.3) is 0 Å². The minimum atomic E-state index is 0.664. The van der Waals surface area contributed by atoms with Gasteiger partial charge in [-0.25, -0.2) is 9.97 Å². The molecule has 0 fully saturated rings. The average molecular weight is 202 g/mol. The Morgan fingerprint density at radius 1 is 1.47 bits per heavy atom. The molecule has 2 aromatic rings. The largest absolute Gasteiger partial charge is 0.361 e. The van der Waals surface area contributed by atoms with Crippen molar-refractivity contribution in [2.24, 2.45) is 0 Å². The summed E-state index contributed by atoms with van der Waals surface area (Å²) in [5.74, 6) is 2.70. The Bertz CT molecular complexity index is 490. The van der Waals surface area contributed by atoms with Gasteiger partial charge in [-0.2, -0.15) is 0 Å². The molecule has 6 nitrogen and oxygen atoms in total. The molecular formula is C9H10N6. The Kier molecular flexibility index (Phi) is 1.67. The highest BCUT2D eigenvalue weighted by Gasteiger charge is 2.20. The van der Waals surface area contributed by atoms with E-state index in [1.165, 1.54) is 6.33 Å². The molecule has 0 aliphatic carbocycles. The Labute approximate surface area is 86.4 Å². The summed E-state index contributed by atoms with van der Waals surface area (Å²) >= 11 is 0. The second-order valence-electron chi connectivity index (χ2n) is 3.33. The van der Waals surface area contributed by atoms with Gasteiger partial charge < -0.3 is 5.32 Å². The van der Waals surface area contributed by atoms with Crippen molar-refractivity contribution in [2.45, 2.75) is 19.9 Å². The summed E-state index contributed by atoms with van der Waals surface area (Å²) in [6, 6.07) is 0. The number of aryl methyl sites for hydroxylation is 1. The molecule has 0 bridgehead atoms. The quantitative estimate of drug-likeness (QED) is 0.731. The van der Waals surface area contributed by atoms with Crippen LogP contribution in [0.3, 0.4) is 0 Å². The Morgan fingerprint density at radius 3 is 3.27 bits per heavy atom. The van der Waals surface area contributed by atoms with Gasteiger partial charge in [0.15, 0.2) is 11.6 Å². The molecule has 0 spiro atoms. The van der Waals surface area contributed by atoms with Crippen molar-refractivity contribution in [3.8, 4) is 5.69 Å². The summed E-state index contributed by atoms with van der Waals surface area (Å²) in [5.41, 5.74) is 0.931. The van der Waals surface area contributed by atoms with Crippen molar-refractivity contribution in [3.63, 3.8) is 0 Å². The highest BCUT2D eigenvalue weighted by Crippen LogP contribution is 2.24. The van der Waals surface area contributed by atoms with Gasteiger partial charge in [0.2, 0.25) is 0 Å². The number of aromatic nitrogens is 5. The van der Waals surface area contributed by atoms with Crippen LogP contribution in [0, 0.1) is 0 Å². The van der Waals surface area contributed by atoms with Gasteiger partial charge in [-0.1, -0.05) is 6.92 Å². The highest BCUT2D eigenvalue weighted by molar-refractivity contribution is 5.57. The zero-order valence-electron chi connectivity index (χ0n) is 8.30. The van der Waals surface area contributed by atoms with Crippen LogP contribution in [0.2, 0.25) is 0 Å². The van der Waals surface area contributed by atoms with Crippen molar-refractivity contribution in [2.75, 3.05) is 5.32 Å². The van der Waals surface area contributed by atoms with Gasteiger partial charge in [-0.15, -0.1) is 10.2 Å². The third kappa shape index (κ3) is 1.11. The summed E-state index contributed by atoms with van der Waals surface area (Å²) < 4.78 is 2.02. The third-order valence-electron chi connectivity index (χ3n) is 2.46. The van der Waals surface area contributed by atoms with Gasteiger partial charge >= 0.3 is 0 Å². The number of hydrogen-bond acceptors (Lipinski definition) is 5. The minimum absolute atomic E-state index is 0.664. The van der Waals surface area contributed by atoms with E-state index in [2.05, 4.69) is 32.4 Å². The van der Waals surface area contributed by atoms with Crippen LogP contribution in [0.4, 0.5) is 5.82 Å². The van der Waals surface area contributed by atoms with E-state index < -0.39 is 0 Å². The smallest absolute Gasteiger partial charge is 0.157 e. The van der Waals surface area contributed by atoms with Crippen LogP contribution >= 0.6 is 0 Å². The lowest BCUT2D eigenvalue weighted by Crippen LogP contribution is -2.18. The fourth-order valence-electron chi connectivity index (χ4n) is 1.76. The summed E-state index contributed by atoms with van der Waals surface area (Å²) in [6.45, 7) is 2.72. The predicted molar refractivity (Wildman–Crippen MR) is 53.7 cm³/mol. The second-order valence-corrected chi connectivity index (χ2v) is 3.33. The molecule has 0 radical (unpaired) electrons. The monoisotopic (exact) mass is 202 g/mol. The van der Waals surface area contributed by atoms with Crippen LogP contribution in [-0.2, 0) is 13.0 Å². The zero-order chi connectivity index (χ0) is 10.3. The molecule has 0 saturated heterocycles. The molecule has 1 N–H and O–H groups in total. The number of nitrogens with one attached hydrogen (secondary N) is 1. The molecule has 3 rings (SSSR count). The molecule has 0 atom stereocenters. The molecule has 6 heteroatoms. The normalized spacial score (nSPS) is 12.9. The van der Waals surface area contributed by atoms with Crippen LogP contribution in [0.25, 0.3) is 5.69 Å². The van der Waals surface area contributed by atoms with Crippen molar-refractivity contribution in [1.29, 1.82) is 0 Å². The van der Waals surface area contributed by atoms with Gasteiger partial charge in [0.05, 0.1) is 12.7 Å². The molecule has 15 heavy (non-hydrogen) atoms. The van der Waals surface area contributed by atoms with Crippen LogP contribution in [0.1, 0.15) is 18.6 Å². The molecule has 0 amide bonds. The maximum Gasteiger partial charge on any atom is 0.157 e. The average Bonchev–Trinajstić information content (AvgIpc) is 2.72. The van der Waals surface area contributed by atoms with Crippen molar-refractivity contribution in [1.82, 2.24) is 24.7 Å². The lowest BCUT2D eigenvalue weighted by molar-refractivity contribution is 0.808. The summed E-state index contributed by atoms with van der Waals surface area (Å²) in [6.07, 6.45) is 4.16. The van der Waals surface area contributed by atoms with Gasteiger partial charge in [0, 0.05) is 6.42 Å². The standard InChI is InChI=1S/C9H10N6/c1-2-7-13-14-8-4-11-9-6(15(7)8)3-10-5-12-9/h3,5H,2,4H2,1H3,(H,10,11,12). The highest BCUT2D eigenvalue weighted by atomic mass is 15.3. The lowest BCUT2D eigenvalue weighted by Gasteiger charge is -2.18. The fraction of sp³-hybridized carbons (Fsp3) is 0.333. The first-order valence-electron chi connectivity index (χ1n) is 4.87. The molecule has 0 unspecified atom stereocenters. The van der Waals surface area contributed by atoms with Gasteiger partial charge in [0.1, 0.15) is 17.8 Å². The van der Waals surface area contributed by atoms with Crippen LogP contribution in [0.5, 0.6) is 0 Å². The van der Waals surface area contributed by atoms with E-state index in [-0.39, 0.29) is 0 Å². The number of rotatable bonds is 1. The molecule has 0 saturated carbocycles. The number of fused-ring (bicyclic) bond motifs is 3. The van der Waals surface area contributed by atoms with E-state index in [0.29, 0.717) is 6.54 Å². The first-order chi connectivity index (χ1) is 7.40. The van der Waals surface area contributed by atoms with E-state index in [1.54, 1.807) is 6.20 Å².